The van der Waals surface area contributed by atoms with Crippen LogP contribution in [0.25, 0.3) is 0 Å². The van der Waals surface area contributed by atoms with Crippen molar-refractivity contribution in [3.05, 3.63) is 83.4 Å². The van der Waals surface area contributed by atoms with Gasteiger partial charge >= 0.3 is 12.1 Å². The summed E-state index contributed by atoms with van der Waals surface area (Å²) in [5, 5.41) is 0. The number of halogens is 4. The molecule has 0 heterocycles. The minimum absolute atomic E-state index is 0.0955. The van der Waals surface area contributed by atoms with Gasteiger partial charge in [-0.15, -0.1) is 0 Å². The number of benzene rings is 2. The van der Waals surface area contributed by atoms with Crippen molar-refractivity contribution in [2.24, 2.45) is 0 Å². The summed E-state index contributed by atoms with van der Waals surface area (Å²) >= 11 is 0. The van der Waals surface area contributed by atoms with Crippen LogP contribution in [0.3, 0.4) is 0 Å². The van der Waals surface area contributed by atoms with E-state index in [9.17, 15) is 27.2 Å². The van der Waals surface area contributed by atoms with Gasteiger partial charge in [-0.3, -0.25) is 4.79 Å². The summed E-state index contributed by atoms with van der Waals surface area (Å²) in [5.74, 6) is -1.92. The molecule has 7 heteroatoms. The van der Waals surface area contributed by atoms with Gasteiger partial charge in [-0.1, -0.05) is 0 Å². The van der Waals surface area contributed by atoms with Crippen molar-refractivity contribution in [3.63, 3.8) is 0 Å². The Morgan fingerprint density at radius 1 is 0.875 bits per heavy atom. The van der Waals surface area contributed by atoms with Gasteiger partial charge in [0, 0.05) is 11.6 Å². The van der Waals surface area contributed by atoms with Crippen LogP contribution in [0.5, 0.6) is 0 Å². The third-order valence-electron chi connectivity index (χ3n) is 2.97. The molecular weight excluding hydrogens is 328 g/mol. The second-order valence-electron chi connectivity index (χ2n) is 4.65. The molecule has 2 aromatic carbocycles. The van der Waals surface area contributed by atoms with E-state index in [2.05, 4.69) is 4.74 Å². The molecule has 0 aliphatic carbocycles. The number of rotatable bonds is 4. The van der Waals surface area contributed by atoms with Gasteiger partial charge < -0.3 is 4.74 Å². The number of ketones is 1. The molecule has 0 saturated carbocycles. The first kappa shape index (κ1) is 17.4. The number of carbonyl (C=O) groups excluding carboxylic acids is 2. The molecule has 3 nitrogen and oxygen atoms in total. The number of carbonyl (C=O) groups is 2. The van der Waals surface area contributed by atoms with Crippen LogP contribution >= 0.6 is 0 Å². The van der Waals surface area contributed by atoms with Gasteiger partial charge in [0.15, 0.2) is 5.78 Å². The minimum Gasteiger partial charge on any atom is -0.431 e. The zero-order chi connectivity index (χ0) is 17.7. The van der Waals surface area contributed by atoms with E-state index >= 15 is 0 Å². The number of ether oxygens (including phenoxy) is 1. The molecule has 24 heavy (non-hydrogen) atoms. The highest BCUT2D eigenvalue weighted by molar-refractivity contribution is 6.04. The molecule has 0 aliphatic heterocycles. The second kappa shape index (κ2) is 7.08. The Bertz CT molecular complexity index is 760. The van der Waals surface area contributed by atoms with E-state index in [4.69, 9.17) is 0 Å². The van der Waals surface area contributed by atoms with Crippen LogP contribution in [0, 0.1) is 5.82 Å². The lowest BCUT2D eigenvalue weighted by Crippen LogP contribution is -2.06. The van der Waals surface area contributed by atoms with E-state index in [0.29, 0.717) is 0 Å². The summed E-state index contributed by atoms with van der Waals surface area (Å²) in [6, 6.07) is 8.19. The van der Waals surface area contributed by atoms with Gasteiger partial charge in [0.25, 0.3) is 0 Å². The van der Waals surface area contributed by atoms with E-state index in [-0.39, 0.29) is 11.1 Å². The van der Waals surface area contributed by atoms with E-state index in [1.54, 1.807) is 0 Å². The van der Waals surface area contributed by atoms with Crippen LogP contribution < -0.4 is 0 Å². The molecule has 0 saturated heterocycles. The fraction of sp³-hybridized carbons (Fsp3) is 0.0588. The zero-order valence-electron chi connectivity index (χ0n) is 12.0. The summed E-state index contributed by atoms with van der Waals surface area (Å²) < 4.78 is 54.6. The Balaban J connectivity index is 1.97. The summed E-state index contributed by atoms with van der Waals surface area (Å²) in [7, 11) is 0. The monoisotopic (exact) mass is 338 g/mol. The van der Waals surface area contributed by atoms with Gasteiger partial charge in [-0.05, 0) is 48.5 Å². The molecule has 2 aromatic rings. The van der Waals surface area contributed by atoms with Crippen LogP contribution in [0.1, 0.15) is 26.3 Å². The third-order valence-corrected chi connectivity index (χ3v) is 2.97. The Kier molecular flexibility index (Phi) is 5.13. The Morgan fingerprint density at radius 2 is 1.42 bits per heavy atom. The van der Waals surface area contributed by atoms with Crippen molar-refractivity contribution in [2.45, 2.75) is 6.18 Å². The first-order chi connectivity index (χ1) is 11.3. The maximum absolute atomic E-state index is 12.7. The van der Waals surface area contributed by atoms with Crippen molar-refractivity contribution in [3.8, 4) is 0 Å². The van der Waals surface area contributed by atoms with Crippen LogP contribution in [0.4, 0.5) is 17.6 Å². The molecule has 0 fully saturated rings. The first-order valence-electron chi connectivity index (χ1n) is 6.62. The normalized spacial score (nSPS) is 11.5. The van der Waals surface area contributed by atoms with Crippen LogP contribution in [0.2, 0.25) is 0 Å². The molecule has 0 spiro atoms. The number of esters is 1. The third kappa shape index (κ3) is 4.52. The van der Waals surface area contributed by atoms with E-state index in [1.807, 2.05) is 0 Å². The SMILES string of the molecule is O=C(/C=C/OC(=O)c1ccc(C(F)(F)F)cc1)c1ccc(F)cc1. The lowest BCUT2D eigenvalue weighted by atomic mass is 10.1. The Morgan fingerprint density at radius 3 is 1.96 bits per heavy atom. The molecule has 0 amide bonds. The highest BCUT2D eigenvalue weighted by Gasteiger charge is 2.30. The minimum atomic E-state index is -4.50. The topological polar surface area (TPSA) is 43.4 Å². The van der Waals surface area contributed by atoms with E-state index in [0.717, 1.165) is 48.7 Å². The summed E-state index contributed by atoms with van der Waals surface area (Å²) in [5.41, 5.74) is -0.791. The highest BCUT2D eigenvalue weighted by atomic mass is 19.4. The quantitative estimate of drug-likeness (QED) is 0.273. The summed E-state index contributed by atoms with van der Waals surface area (Å²) in [6.45, 7) is 0. The van der Waals surface area contributed by atoms with Gasteiger partial charge in [-0.2, -0.15) is 13.2 Å². The molecular formula is C17H10F4O3. The number of allylic oxidation sites excluding steroid dienone is 1. The van der Waals surface area contributed by atoms with E-state index in [1.165, 1.54) is 12.1 Å². The molecule has 124 valence electrons. The Hall–Kier alpha value is -2.96. The summed E-state index contributed by atoms with van der Waals surface area (Å²) in [6.07, 6.45) is -2.72. The van der Waals surface area contributed by atoms with Gasteiger partial charge in [0.2, 0.25) is 0 Å². The summed E-state index contributed by atoms with van der Waals surface area (Å²) in [4.78, 5) is 23.4. The number of hydrogen-bond donors (Lipinski definition) is 0. The van der Waals surface area contributed by atoms with E-state index < -0.39 is 29.3 Å². The molecule has 0 radical (unpaired) electrons. The lowest BCUT2D eigenvalue weighted by Gasteiger charge is -2.06. The maximum Gasteiger partial charge on any atom is 0.416 e. The van der Waals surface area contributed by atoms with Gasteiger partial charge in [0.05, 0.1) is 17.4 Å². The molecule has 0 atom stereocenters. The van der Waals surface area contributed by atoms with Crippen molar-refractivity contribution in [2.75, 3.05) is 0 Å². The average Bonchev–Trinajstić information content (AvgIpc) is 2.54. The largest absolute Gasteiger partial charge is 0.431 e. The standard InChI is InChI=1S/C17H10F4O3/c18-14-7-3-11(4-8-14)15(22)9-10-24-16(23)12-1-5-13(6-2-12)17(19,20)21/h1-10H/b10-9+. The smallest absolute Gasteiger partial charge is 0.416 e. The second-order valence-corrected chi connectivity index (χ2v) is 4.65. The first-order valence-corrected chi connectivity index (χ1v) is 6.62. The highest BCUT2D eigenvalue weighted by Crippen LogP contribution is 2.29. The number of alkyl halides is 3. The molecule has 0 unspecified atom stereocenters. The van der Waals surface area contributed by atoms with Crippen molar-refractivity contribution >= 4 is 11.8 Å². The van der Waals surface area contributed by atoms with Crippen LogP contribution in [0.15, 0.2) is 60.9 Å². The fourth-order valence-electron chi connectivity index (χ4n) is 1.73. The van der Waals surface area contributed by atoms with Crippen molar-refractivity contribution in [1.29, 1.82) is 0 Å². The lowest BCUT2D eigenvalue weighted by molar-refractivity contribution is -0.137. The van der Waals surface area contributed by atoms with Crippen molar-refractivity contribution in [1.82, 2.24) is 0 Å². The molecule has 0 aliphatic rings. The zero-order valence-corrected chi connectivity index (χ0v) is 12.0. The molecule has 0 N–H and O–H groups in total. The van der Waals surface area contributed by atoms with Gasteiger partial charge in [-0.25, -0.2) is 9.18 Å². The molecule has 2 rings (SSSR count). The maximum atomic E-state index is 12.7. The molecule has 0 aromatic heterocycles. The predicted octanol–water partition coefficient (Wildman–Crippen LogP) is 4.40. The van der Waals surface area contributed by atoms with Crippen molar-refractivity contribution < 1.29 is 31.9 Å². The number of hydrogen-bond acceptors (Lipinski definition) is 3. The van der Waals surface area contributed by atoms with Gasteiger partial charge in [0.1, 0.15) is 5.82 Å². The fourth-order valence-corrected chi connectivity index (χ4v) is 1.73. The Labute approximate surface area is 134 Å². The predicted molar refractivity (Wildman–Crippen MR) is 76.7 cm³/mol. The average molecular weight is 338 g/mol. The van der Waals surface area contributed by atoms with Crippen LogP contribution in [-0.2, 0) is 10.9 Å². The van der Waals surface area contributed by atoms with Crippen LogP contribution in [-0.4, -0.2) is 11.8 Å². The molecule has 0 bridgehead atoms.